The lowest BCUT2D eigenvalue weighted by Crippen LogP contribution is -2.44. The number of hydrogen-bond donors (Lipinski definition) is 1. The molecule has 12 heteroatoms. The van der Waals surface area contributed by atoms with Crippen LogP contribution in [0.25, 0.3) is 0 Å². The number of halogens is 3. The predicted molar refractivity (Wildman–Crippen MR) is 116 cm³/mol. The van der Waals surface area contributed by atoms with Crippen molar-refractivity contribution < 1.29 is 26.4 Å². The van der Waals surface area contributed by atoms with Crippen LogP contribution in [-0.2, 0) is 21.0 Å². The summed E-state index contributed by atoms with van der Waals surface area (Å²) in [5, 5.41) is 10.6. The van der Waals surface area contributed by atoms with Crippen LogP contribution in [-0.4, -0.2) is 44.3 Å². The van der Waals surface area contributed by atoms with E-state index in [4.69, 9.17) is 11.0 Å². The molecule has 33 heavy (non-hydrogen) atoms. The fourth-order valence-electron chi connectivity index (χ4n) is 4.70. The number of alkyl halides is 3. The van der Waals surface area contributed by atoms with Crippen LogP contribution in [0, 0.1) is 16.7 Å². The Bertz CT molecular complexity index is 1200. The van der Waals surface area contributed by atoms with Gasteiger partial charge in [-0.15, -0.1) is 11.3 Å². The van der Waals surface area contributed by atoms with Gasteiger partial charge in [-0.3, -0.25) is 4.79 Å². The maximum absolute atomic E-state index is 13.3. The van der Waals surface area contributed by atoms with Gasteiger partial charge in [-0.1, -0.05) is 6.07 Å². The van der Waals surface area contributed by atoms with E-state index in [1.165, 1.54) is 16.4 Å². The Morgan fingerprint density at radius 3 is 2.48 bits per heavy atom. The Morgan fingerprint density at radius 2 is 1.94 bits per heavy atom. The molecule has 0 bridgehead atoms. The smallest absolute Gasteiger partial charge is 0.371 e. The monoisotopic (exact) mass is 498 g/mol. The number of thiophene rings is 1. The normalized spacial score (nSPS) is 21.3. The lowest BCUT2D eigenvalue weighted by atomic mass is 9.76. The number of nitriles is 1. The van der Waals surface area contributed by atoms with Crippen molar-refractivity contribution in [3.05, 3.63) is 46.8 Å². The number of hydrogen-bond acceptors (Lipinski definition) is 6. The van der Waals surface area contributed by atoms with Crippen LogP contribution < -0.4 is 10.6 Å². The van der Waals surface area contributed by atoms with Gasteiger partial charge in [0.2, 0.25) is 5.91 Å². The van der Waals surface area contributed by atoms with Crippen LogP contribution in [0.15, 0.2) is 39.9 Å². The third kappa shape index (κ3) is 4.32. The lowest BCUT2D eigenvalue weighted by molar-refractivity contribution is -0.137. The van der Waals surface area contributed by atoms with Gasteiger partial charge >= 0.3 is 6.18 Å². The summed E-state index contributed by atoms with van der Waals surface area (Å²) in [5.74, 6) is -0.712. The Balaban J connectivity index is 1.55. The third-order valence-corrected chi connectivity index (χ3v) is 9.70. The van der Waals surface area contributed by atoms with Crippen LogP contribution in [0.2, 0.25) is 0 Å². The van der Waals surface area contributed by atoms with Crippen molar-refractivity contribution in [2.45, 2.75) is 35.7 Å². The molecule has 0 saturated carbocycles. The minimum atomic E-state index is -4.64. The van der Waals surface area contributed by atoms with Gasteiger partial charge in [0.25, 0.3) is 10.0 Å². The first-order valence-electron chi connectivity index (χ1n) is 10.2. The van der Waals surface area contributed by atoms with Gasteiger partial charge in [0.15, 0.2) is 0 Å². The zero-order valence-electron chi connectivity index (χ0n) is 17.4. The zero-order valence-corrected chi connectivity index (χ0v) is 19.0. The largest absolute Gasteiger partial charge is 0.417 e. The standard InChI is InChI=1S/C21H21F3N4O3S2/c22-21(23,24)16-10-15(4-3-14(16)12-25)27-7-5-20(6-8-27)11-17(19(26)29)28(13-20)33(30,31)18-2-1-9-32-18/h1-4,9-10,17H,5-8,11,13H2,(H2,26,29). The number of piperidine rings is 1. The molecule has 0 aliphatic carbocycles. The molecule has 2 aromatic rings. The number of carbonyl (C=O) groups excluding carboxylic acids is 1. The predicted octanol–water partition coefficient (Wildman–Crippen LogP) is 3.17. The fourth-order valence-corrected chi connectivity index (χ4v) is 7.53. The van der Waals surface area contributed by atoms with Gasteiger partial charge in [0.05, 0.1) is 17.2 Å². The average Bonchev–Trinajstić information content (AvgIpc) is 3.43. The van der Waals surface area contributed by atoms with E-state index in [2.05, 4.69) is 0 Å². The Morgan fingerprint density at radius 1 is 1.24 bits per heavy atom. The van der Waals surface area contributed by atoms with Crippen molar-refractivity contribution in [2.24, 2.45) is 11.1 Å². The fraction of sp³-hybridized carbons (Fsp3) is 0.429. The van der Waals surface area contributed by atoms with Gasteiger partial charge in [0, 0.05) is 25.3 Å². The molecule has 2 saturated heterocycles. The molecule has 4 rings (SSSR count). The van der Waals surface area contributed by atoms with E-state index >= 15 is 0 Å². The topological polar surface area (TPSA) is 108 Å². The van der Waals surface area contributed by atoms with Crippen molar-refractivity contribution in [3.63, 3.8) is 0 Å². The molecule has 7 nitrogen and oxygen atoms in total. The maximum Gasteiger partial charge on any atom is 0.417 e. The molecule has 1 unspecified atom stereocenters. The molecule has 1 aromatic carbocycles. The summed E-state index contributed by atoms with van der Waals surface area (Å²) in [4.78, 5) is 13.9. The second-order valence-electron chi connectivity index (χ2n) is 8.43. The molecular formula is C21H21F3N4O3S2. The first kappa shape index (κ1) is 23.5. The summed E-state index contributed by atoms with van der Waals surface area (Å²) in [6.45, 7) is 0.916. The highest BCUT2D eigenvalue weighted by molar-refractivity contribution is 7.91. The molecule has 0 radical (unpaired) electrons. The molecule has 1 aromatic heterocycles. The van der Waals surface area contributed by atoms with Crippen molar-refractivity contribution in [1.82, 2.24) is 4.31 Å². The number of anilines is 1. The van der Waals surface area contributed by atoms with Crippen LogP contribution in [0.3, 0.4) is 0 Å². The first-order valence-corrected chi connectivity index (χ1v) is 12.5. The number of amides is 1. The van der Waals surface area contributed by atoms with Crippen molar-refractivity contribution in [1.29, 1.82) is 5.26 Å². The Kier molecular flexibility index (Phi) is 5.92. The summed E-state index contributed by atoms with van der Waals surface area (Å²) in [6.07, 6.45) is -3.37. The van der Waals surface area contributed by atoms with E-state index in [-0.39, 0.29) is 17.2 Å². The molecule has 1 atom stereocenters. The Hall–Kier alpha value is -2.62. The zero-order chi connectivity index (χ0) is 24.0. The number of nitrogens with zero attached hydrogens (tertiary/aromatic N) is 3. The summed E-state index contributed by atoms with van der Waals surface area (Å²) < 4.78 is 67.5. The molecule has 2 aliphatic rings. The summed E-state index contributed by atoms with van der Waals surface area (Å²) in [6, 6.07) is 7.34. The van der Waals surface area contributed by atoms with Crippen LogP contribution in [0.4, 0.5) is 18.9 Å². The molecule has 1 spiro atoms. The summed E-state index contributed by atoms with van der Waals surface area (Å²) in [7, 11) is -3.88. The molecule has 3 heterocycles. The second-order valence-corrected chi connectivity index (χ2v) is 11.5. The second kappa shape index (κ2) is 8.30. The summed E-state index contributed by atoms with van der Waals surface area (Å²) in [5.41, 5.74) is 3.99. The van der Waals surface area contributed by atoms with Gasteiger partial charge < -0.3 is 10.6 Å². The number of carbonyl (C=O) groups is 1. The van der Waals surface area contributed by atoms with E-state index in [0.717, 1.165) is 23.5 Å². The van der Waals surface area contributed by atoms with Gasteiger partial charge in [-0.25, -0.2) is 8.42 Å². The molecular weight excluding hydrogens is 477 g/mol. The van der Waals surface area contributed by atoms with E-state index in [9.17, 15) is 26.4 Å². The first-order chi connectivity index (χ1) is 15.5. The van der Waals surface area contributed by atoms with Gasteiger partial charge in [0.1, 0.15) is 10.3 Å². The van der Waals surface area contributed by atoms with E-state index in [1.54, 1.807) is 22.4 Å². The summed E-state index contributed by atoms with van der Waals surface area (Å²) >= 11 is 1.06. The van der Waals surface area contributed by atoms with Gasteiger partial charge in [-0.2, -0.15) is 22.7 Å². The van der Waals surface area contributed by atoms with Crippen molar-refractivity contribution in [3.8, 4) is 6.07 Å². The van der Waals surface area contributed by atoms with Crippen molar-refractivity contribution >= 4 is 33.0 Å². The number of nitrogens with two attached hydrogens (primary N) is 1. The highest BCUT2D eigenvalue weighted by atomic mass is 32.2. The number of sulfonamides is 1. The molecule has 2 fully saturated rings. The molecule has 2 N–H and O–H groups in total. The quantitative estimate of drug-likeness (QED) is 0.697. The van der Waals surface area contributed by atoms with Crippen molar-refractivity contribution in [2.75, 3.05) is 24.5 Å². The Labute approximate surface area is 193 Å². The maximum atomic E-state index is 13.3. The van der Waals surface area contributed by atoms with E-state index in [1.807, 2.05) is 0 Å². The SMILES string of the molecule is N#Cc1ccc(N2CCC3(CC2)CC(C(N)=O)N(S(=O)(=O)c2cccs2)C3)cc1C(F)(F)F. The molecule has 2 aliphatic heterocycles. The highest BCUT2D eigenvalue weighted by Gasteiger charge is 2.52. The highest BCUT2D eigenvalue weighted by Crippen LogP contribution is 2.46. The van der Waals surface area contributed by atoms with Gasteiger partial charge in [-0.05, 0) is 54.3 Å². The van der Waals surface area contributed by atoms with E-state index < -0.39 is 44.7 Å². The average molecular weight is 499 g/mol. The van der Waals surface area contributed by atoms with Crippen LogP contribution in [0.5, 0.6) is 0 Å². The molecule has 1 amide bonds. The minimum Gasteiger partial charge on any atom is -0.371 e. The number of primary amides is 1. The lowest BCUT2D eigenvalue weighted by Gasteiger charge is -2.40. The van der Waals surface area contributed by atoms with Crippen LogP contribution >= 0.6 is 11.3 Å². The third-order valence-electron chi connectivity index (χ3n) is 6.47. The number of rotatable bonds is 4. The van der Waals surface area contributed by atoms with Crippen LogP contribution in [0.1, 0.15) is 30.4 Å². The minimum absolute atomic E-state index is 0.135. The van der Waals surface area contributed by atoms with E-state index in [0.29, 0.717) is 31.6 Å². The number of benzene rings is 1. The molecule has 176 valence electrons.